The van der Waals surface area contributed by atoms with Gasteiger partial charge in [-0.15, -0.1) is 0 Å². The van der Waals surface area contributed by atoms with Crippen molar-refractivity contribution in [2.24, 2.45) is 71.0 Å². The molecule has 0 radical (unpaired) electrons. The summed E-state index contributed by atoms with van der Waals surface area (Å²) in [6.45, 7) is 34.5. The fourth-order valence-corrected chi connectivity index (χ4v) is 18.8. The van der Waals surface area contributed by atoms with Gasteiger partial charge in [-0.05, 0) is 341 Å². The Bertz CT molecular complexity index is 1340. The average molecular weight is 1180 g/mol. The number of hydrogen-bond donors (Lipinski definition) is 0. The van der Waals surface area contributed by atoms with Crippen LogP contribution in [-0.4, -0.2) is 73.2 Å². The van der Waals surface area contributed by atoms with Crippen LogP contribution in [0.5, 0.6) is 0 Å². The molecule has 0 aromatic rings. The van der Waals surface area contributed by atoms with Gasteiger partial charge in [-0.1, -0.05) is 83.1 Å². The number of ether oxygens (including phenoxy) is 6. The molecule has 6 saturated heterocycles. The maximum absolute atomic E-state index is 6.03. The highest BCUT2D eigenvalue weighted by atomic mass is 16.5. The van der Waals surface area contributed by atoms with Gasteiger partial charge in [0.15, 0.2) is 0 Å². The van der Waals surface area contributed by atoms with Crippen molar-refractivity contribution in [2.45, 2.75) is 386 Å². The normalized spacial score (nSPS) is 39.2. The molecule has 492 valence electrons. The van der Waals surface area contributed by atoms with Crippen molar-refractivity contribution in [3.8, 4) is 0 Å². The molecule has 0 unspecified atom stereocenters. The van der Waals surface area contributed by atoms with Crippen LogP contribution in [0, 0.1) is 71.0 Å². The van der Waals surface area contributed by atoms with Crippen LogP contribution < -0.4 is 0 Å². The predicted molar refractivity (Wildman–Crippen MR) is 356 cm³/mol. The second kappa shape index (κ2) is 35.0. The first kappa shape index (κ1) is 71.2. The van der Waals surface area contributed by atoms with E-state index in [0.717, 1.165) is 111 Å². The maximum Gasteiger partial charge on any atom is 0.0682 e. The molecule has 0 aromatic carbocycles. The van der Waals surface area contributed by atoms with Crippen LogP contribution in [0.25, 0.3) is 0 Å². The molecule has 0 amide bonds. The first-order valence-electron chi connectivity index (χ1n) is 38.1. The van der Waals surface area contributed by atoms with E-state index in [4.69, 9.17) is 28.4 Å². The summed E-state index contributed by atoms with van der Waals surface area (Å²) in [4.78, 5) is 0. The lowest BCUT2D eigenvalue weighted by Gasteiger charge is -2.43. The highest BCUT2D eigenvalue weighted by molar-refractivity contribution is 4.95. The molecule has 6 aliphatic carbocycles. The first-order chi connectivity index (χ1) is 40.3. The van der Waals surface area contributed by atoms with Crippen LogP contribution in [-0.2, 0) is 28.4 Å². The van der Waals surface area contributed by atoms with Crippen molar-refractivity contribution in [3.05, 3.63) is 0 Å². The van der Waals surface area contributed by atoms with Crippen LogP contribution in [0.1, 0.15) is 353 Å². The Morgan fingerprint density at radius 3 is 0.381 bits per heavy atom. The SMILES string of the molecule is CC(C)C1CCC2(CCCCO2)CC1.CC(C)C1CCC2(CCCCO2)CC1.CC(C)C1CCC2(CCCCO2)CC1.CC(C)C1CCC2(CCCCO2)CC1.CC(C)C1CCC2(CCCCO2)CC1.CC(C)C1CCC2(CCCCO2)CC1. The molecule has 0 aromatic heterocycles. The minimum atomic E-state index is 0.323. The second-order valence-electron chi connectivity index (χ2n) is 33.4. The summed E-state index contributed by atoms with van der Waals surface area (Å²) >= 11 is 0. The topological polar surface area (TPSA) is 55.4 Å². The molecule has 6 spiro atoms. The van der Waals surface area contributed by atoms with Crippen molar-refractivity contribution in [3.63, 3.8) is 0 Å². The van der Waals surface area contributed by atoms with Crippen LogP contribution in [0.4, 0.5) is 0 Å². The van der Waals surface area contributed by atoms with Gasteiger partial charge in [0.1, 0.15) is 0 Å². The Morgan fingerprint density at radius 1 is 0.179 bits per heavy atom. The quantitative estimate of drug-likeness (QED) is 0.264. The Morgan fingerprint density at radius 2 is 0.298 bits per heavy atom. The van der Waals surface area contributed by atoms with Crippen LogP contribution in [0.2, 0.25) is 0 Å². The smallest absolute Gasteiger partial charge is 0.0682 e. The van der Waals surface area contributed by atoms with E-state index in [1.807, 2.05) is 0 Å². The molecule has 6 saturated carbocycles. The summed E-state index contributed by atoms with van der Waals surface area (Å²) in [7, 11) is 0. The first-order valence-corrected chi connectivity index (χ1v) is 38.1. The second-order valence-corrected chi connectivity index (χ2v) is 33.4. The molecule has 12 fully saturated rings. The zero-order valence-electron chi connectivity index (χ0n) is 58.3. The van der Waals surface area contributed by atoms with Crippen molar-refractivity contribution in [1.29, 1.82) is 0 Å². The summed E-state index contributed by atoms with van der Waals surface area (Å²) in [5.41, 5.74) is 1.94. The molecule has 6 nitrogen and oxygen atoms in total. The van der Waals surface area contributed by atoms with E-state index >= 15 is 0 Å². The molecule has 6 heterocycles. The van der Waals surface area contributed by atoms with Gasteiger partial charge in [-0.3, -0.25) is 0 Å². The average Bonchev–Trinajstić information content (AvgIpc) is 3.59. The van der Waals surface area contributed by atoms with Gasteiger partial charge in [-0.2, -0.15) is 0 Å². The van der Waals surface area contributed by atoms with E-state index in [1.165, 1.54) is 270 Å². The summed E-state index contributed by atoms with van der Waals surface area (Å²) in [5, 5.41) is 0. The summed E-state index contributed by atoms with van der Waals surface area (Å²) in [6.07, 6.45) is 56.8. The van der Waals surface area contributed by atoms with Crippen molar-refractivity contribution in [1.82, 2.24) is 0 Å². The minimum absolute atomic E-state index is 0.323. The molecule has 0 atom stereocenters. The summed E-state index contributed by atoms with van der Waals surface area (Å²) < 4.78 is 36.2. The molecule has 84 heavy (non-hydrogen) atoms. The summed E-state index contributed by atoms with van der Waals surface area (Å²) in [6, 6.07) is 0. The third-order valence-corrected chi connectivity index (χ3v) is 25.9. The standard InChI is InChI=1S/6C13H24O/c6*1-11(2)12-5-8-13(9-6-12)7-3-4-10-14-13/h6*11-12H,3-10H2,1-2H3. The lowest BCUT2D eigenvalue weighted by molar-refractivity contribution is -0.109. The molecule has 12 rings (SSSR count). The molecular formula is C78H144O6. The summed E-state index contributed by atoms with van der Waals surface area (Å²) in [5.74, 6) is 11.0. The molecule has 0 N–H and O–H groups in total. The fraction of sp³-hybridized carbons (Fsp3) is 1.00. The van der Waals surface area contributed by atoms with E-state index in [-0.39, 0.29) is 0 Å². The van der Waals surface area contributed by atoms with Crippen molar-refractivity contribution >= 4 is 0 Å². The van der Waals surface area contributed by atoms with Gasteiger partial charge in [0.2, 0.25) is 0 Å². The zero-order valence-corrected chi connectivity index (χ0v) is 58.3. The van der Waals surface area contributed by atoms with Crippen LogP contribution in [0.3, 0.4) is 0 Å². The van der Waals surface area contributed by atoms with Gasteiger partial charge < -0.3 is 28.4 Å². The lowest BCUT2D eigenvalue weighted by Crippen LogP contribution is -2.40. The highest BCUT2D eigenvalue weighted by Gasteiger charge is 2.43. The van der Waals surface area contributed by atoms with E-state index in [1.54, 1.807) is 0 Å². The van der Waals surface area contributed by atoms with E-state index in [2.05, 4.69) is 83.1 Å². The van der Waals surface area contributed by atoms with Gasteiger partial charge >= 0.3 is 0 Å². The highest BCUT2D eigenvalue weighted by Crippen LogP contribution is 2.48. The molecule has 12 aliphatic rings. The number of hydrogen-bond acceptors (Lipinski definition) is 6. The van der Waals surface area contributed by atoms with E-state index in [0.29, 0.717) is 33.6 Å². The van der Waals surface area contributed by atoms with Gasteiger partial charge in [-0.25, -0.2) is 0 Å². The monoisotopic (exact) mass is 1180 g/mol. The van der Waals surface area contributed by atoms with Crippen molar-refractivity contribution in [2.75, 3.05) is 39.6 Å². The Hall–Kier alpha value is -0.240. The Kier molecular flexibility index (Phi) is 29.7. The molecule has 0 bridgehead atoms. The fourth-order valence-electron chi connectivity index (χ4n) is 18.8. The van der Waals surface area contributed by atoms with Crippen molar-refractivity contribution < 1.29 is 28.4 Å². The Labute approximate surface area is 522 Å². The van der Waals surface area contributed by atoms with Crippen LogP contribution in [0.15, 0.2) is 0 Å². The maximum atomic E-state index is 6.03. The van der Waals surface area contributed by atoms with Gasteiger partial charge in [0.05, 0.1) is 33.6 Å². The minimum Gasteiger partial charge on any atom is -0.375 e. The van der Waals surface area contributed by atoms with Crippen LogP contribution >= 0.6 is 0 Å². The molecule has 6 aliphatic heterocycles. The number of rotatable bonds is 6. The zero-order chi connectivity index (χ0) is 60.1. The lowest BCUT2D eigenvalue weighted by atomic mass is 9.72. The predicted octanol–water partition coefficient (Wildman–Crippen LogP) is 22.6. The third kappa shape index (κ3) is 22.0. The molecular weight excluding hydrogens is 1030 g/mol. The largest absolute Gasteiger partial charge is 0.375 e. The van der Waals surface area contributed by atoms with Gasteiger partial charge in [0.25, 0.3) is 0 Å². The van der Waals surface area contributed by atoms with Gasteiger partial charge in [0, 0.05) is 39.6 Å². The molecule has 6 heteroatoms. The van der Waals surface area contributed by atoms with E-state index < -0.39 is 0 Å². The third-order valence-electron chi connectivity index (χ3n) is 25.9. The Balaban J connectivity index is 0.000000145. The van der Waals surface area contributed by atoms with E-state index in [9.17, 15) is 0 Å².